The molecule has 0 saturated heterocycles. The van der Waals surface area contributed by atoms with Crippen LogP contribution in [-0.2, 0) is 0 Å². The largest absolute Gasteiger partial charge is 0.507 e. The van der Waals surface area contributed by atoms with Crippen molar-refractivity contribution < 1.29 is 19.8 Å². The zero-order valence-electron chi connectivity index (χ0n) is 15.5. The number of benzene rings is 3. The number of rotatable bonds is 5. The van der Waals surface area contributed by atoms with Crippen LogP contribution in [0.4, 0.5) is 22.7 Å². The van der Waals surface area contributed by atoms with E-state index in [-0.39, 0.29) is 22.9 Å². The van der Waals surface area contributed by atoms with E-state index in [0.717, 1.165) is 5.56 Å². The van der Waals surface area contributed by atoms with E-state index in [2.05, 4.69) is 15.5 Å². The van der Waals surface area contributed by atoms with Crippen molar-refractivity contribution in [1.82, 2.24) is 0 Å². The van der Waals surface area contributed by atoms with Gasteiger partial charge in [-0.25, -0.2) is 4.79 Å². The molecule has 8 heteroatoms. The molecule has 146 valence electrons. The Morgan fingerprint density at radius 1 is 0.931 bits per heavy atom. The number of hydrogen-bond donors (Lipinski definition) is 4. The summed E-state index contributed by atoms with van der Waals surface area (Å²) in [6.45, 7) is 1.83. The average Bonchev–Trinajstić information content (AvgIpc) is 2.70. The minimum absolute atomic E-state index is 0.252. The van der Waals surface area contributed by atoms with Gasteiger partial charge in [0, 0.05) is 16.9 Å². The lowest BCUT2D eigenvalue weighted by Gasteiger charge is -2.07. The van der Waals surface area contributed by atoms with Crippen LogP contribution < -0.4 is 11.1 Å². The molecule has 0 aliphatic rings. The van der Waals surface area contributed by atoms with Gasteiger partial charge in [0.05, 0.1) is 11.4 Å². The Balaban J connectivity index is 1.69. The number of anilines is 2. The number of nitrogens with zero attached hydrogens (tertiary/aromatic N) is 2. The first-order valence-electron chi connectivity index (χ1n) is 8.59. The van der Waals surface area contributed by atoms with Gasteiger partial charge in [0.2, 0.25) is 0 Å². The summed E-state index contributed by atoms with van der Waals surface area (Å²) in [6.07, 6.45) is 0. The molecule has 0 aliphatic carbocycles. The summed E-state index contributed by atoms with van der Waals surface area (Å²) < 4.78 is 0. The van der Waals surface area contributed by atoms with Crippen LogP contribution in [0.25, 0.3) is 0 Å². The van der Waals surface area contributed by atoms with Gasteiger partial charge < -0.3 is 21.3 Å². The van der Waals surface area contributed by atoms with Crippen LogP contribution >= 0.6 is 0 Å². The van der Waals surface area contributed by atoms with Crippen molar-refractivity contribution in [2.24, 2.45) is 10.2 Å². The van der Waals surface area contributed by atoms with Gasteiger partial charge in [0.25, 0.3) is 5.91 Å². The van der Waals surface area contributed by atoms with Crippen molar-refractivity contribution in [3.8, 4) is 5.75 Å². The molecule has 5 N–H and O–H groups in total. The Bertz CT molecular complexity index is 1110. The summed E-state index contributed by atoms with van der Waals surface area (Å²) in [4.78, 5) is 23.4. The lowest BCUT2D eigenvalue weighted by atomic mass is 10.1. The maximum absolute atomic E-state index is 12.3. The van der Waals surface area contributed by atoms with Crippen LogP contribution in [0.15, 0.2) is 70.9 Å². The molecule has 0 fully saturated rings. The lowest BCUT2D eigenvalue weighted by molar-refractivity contribution is 0.0693. The number of aryl methyl sites for hydroxylation is 1. The molecule has 0 saturated carbocycles. The van der Waals surface area contributed by atoms with Crippen molar-refractivity contribution in [3.63, 3.8) is 0 Å². The van der Waals surface area contributed by atoms with Gasteiger partial charge in [-0.3, -0.25) is 4.79 Å². The summed E-state index contributed by atoms with van der Waals surface area (Å²) in [6, 6.07) is 15.7. The molecule has 3 rings (SSSR count). The second-order valence-corrected chi connectivity index (χ2v) is 6.28. The number of carbonyl (C=O) groups excluding carboxylic acids is 1. The minimum atomic E-state index is -1.25. The molecule has 0 bridgehead atoms. The predicted molar refractivity (Wildman–Crippen MR) is 109 cm³/mol. The predicted octanol–water partition coefficient (Wildman–Crippen LogP) is 4.65. The van der Waals surface area contributed by atoms with Crippen molar-refractivity contribution in [3.05, 3.63) is 77.4 Å². The van der Waals surface area contributed by atoms with E-state index < -0.39 is 5.97 Å². The molecular weight excluding hydrogens is 372 g/mol. The number of phenols is 1. The standard InChI is InChI=1S/C21H18N4O4/c1-12-10-13(2-8-18(12)22)20(27)23-14-3-5-15(6-4-14)24-25-16-7-9-19(26)17(11-16)21(28)29/h2-11,26H,22H2,1H3,(H,23,27)(H,28,29). The van der Waals surface area contributed by atoms with Gasteiger partial charge in [-0.1, -0.05) is 0 Å². The Kier molecular flexibility index (Phi) is 5.54. The second kappa shape index (κ2) is 8.22. The van der Waals surface area contributed by atoms with Gasteiger partial charge in [0.15, 0.2) is 0 Å². The van der Waals surface area contributed by atoms with Crippen molar-refractivity contribution in [1.29, 1.82) is 0 Å². The maximum Gasteiger partial charge on any atom is 0.339 e. The highest BCUT2D eigenvalue weighted by Crippen LogP contribution is 2.25. The molecule has 0 heterocycles. The molecule has 29 heavy (non-hydrogen) atoms. The Morgan fingerprint density at radius 2 is 1.59 bits per heavy atom. The normalized spacial score (nSPS) is 10.8. The van der Waals surface area contributed by atoms with E-state index in [9.17, 15) is 14.7 Å². The first kappa shape index (κ1) is 19.6. The van der Waals surface area contributed by atoms with Gasteiger partial charge in [-0.05, 0) is 73.2 Å². The fourth-order valence-electron chi connectivity index (χ4n) is 2.50. The molecule has 0 atom stereocenters. The number of carbonyl (C=O) groups is 2. The number of hydrogen-bond acceptors (Lipinski definition) is 6. The lowest BCUT2D eigenvalue weighted by Crippen LogP contribution is -2.12. The first-order chi connectivity index (χ1) is 13.8. The van der Waals surface area contributed by atoms with Crippen molar-refractivity contribution in [2.75, 3.05) is 11.1 Å². The first-order valence-corrected chi connectivity index (χ1v) is 8.59. The Hall–Kier alpha value is -4.20. The SMILES string of the molecule is Cc1cc(C(=O)Nc2ccc(N=Nc3ccc(O)c(C(=O)O)c3)cc2)ccc1N. The summed E-state index contributed by atoms with van der Waals surface area (Å²) >= 11 is 0. The number of nitrogen functional groups attached to an aromatic ring is 1. The number of nitrogens with one attached hydrogen (secondary N) is 1. The molecule has 0 aliphatic heterocycles. The topological polar surface area (TPSA) is 137 Å². The highest BCUT2D eigenvalue weighted by Gasteiger charge is 2.10. The fraction of sp³-hybridized carbons (Fsp3) is 0.0476. The van der Waals surface area contributed by atoms with E-state index in [1.807, 2.05) is 6.92 Å². The molecular formula is C21H18N4O4. The van der Waals surface area contributed by atoms with Crippen molar-refractivity contribution >= 4 is 34.6 Å². The van der Waals surface area contributed by atoms with Gasteiger partial charge in [-0.15, -0.1) is 0 Å². The number of azo groups is 1. The highest BCUT2D eigenvalue weighted by atomic mass is 16.4. The van der Waals surface area contributed by atoms with Crippen LogP contribution in [0.1, 0.15) is 26.3 Å². The van der Waals surface area contributed by atoms with Crippen LogP contribution in [0.2, 0.25) is 0 Å². The molecule has 0 unspecified atom stereocenters. The van der Waals surface area contributed by atoms with E-state index in [1.54, 1.807) is 42.5 Å². The number of nitrogens with two attached hydrogens (primary N) is 1. The molecule has 3 aromatic carbocycles. The summed E-state index contributed by atoms with van der Waals surface area (Å²) in [5.41, 5.74) is 8.85. The summed E-state index contributed by atoms with van der Waals surface area (Å²) in [5.74, 6) is -1.85. The number of aromatic carboxylic acids is 1. The monoisotopic (exact) mass is 390 g/mol. The molecule has 0 radical (unpaired) electrons. The van der Waals surface area contributed by atoms with E-state index in [4.69, 9.17) is 10.8 Å². The number of amides is 1. The summed E-state index contributed by atoms with van der Waals surface area (Å²) in [7, 11) is 0. The average molecular weight is 390 g/mol. The minimum Gasteiger partial charge on any atom is -0.507 e. The Morgan fingerprint density at radius 3 is 2.24 bits per heavy atom. The number of aromatic hydroxyl groups is 1. The van der Waals surface area contributed by atoms with Crippen LogP contribution in [0.3, 0.4) is 0 Å². The smallest absolute Gasteiger partial charge is 0.339 e. The zero-order valence-corrected chi connectivity index (χ0v) is 15.5. The fourth-order valence-corrected chi connectivity index (χ4v) is 2.50. The Labute approximate surface area is 166 Å². The van der Waals surface area contributed by atoms with Gasteiger partial charge in [-0.2, -0.15) is 10.2 Å². The number of carboxylic acid groups (broad SMARTS) is 1. The molecule has 8 nitrogen and oxygen atoms in total. The zero-order chi connectivity index (χ0) is 21.0. The van der Waals surface area contributed by atoms with E-state index >= 15 is 0 Å². The van der Waals surface area contributed by atoms with Crippen molar-refractivity contribution in [2.45, 2.75) is 6.92 Å². The molecule has 3 aromatic rings. The highest BCUT2D eigenvalue weighted by molar-refractivity contribution is 6.04. The second-order valence-electron chi connectivity index (χ2n) is 6.28. The van der Waals surface area contributed by atoms with Crippen LogP contribution in [0, 0.1) is 6.92 Å². The van der Waals surface area contributed by atoms with Gasteiger partial charge in [0.1, 0.15) is 11.3 Å². The third-order valence-corrected chi connectivity index (χ3v) is 4.15. The van der Waals surface area contributed by atoms with E-state index in [1.165, 1.54) is 18.2 Å². The third-order valence-electron chi connectivity index (χ3n) is 4.15. The molecule has 1 amide bonds. The van der Waals surface area contributed by atoms with E-state index in [0.29, 0.717) is 22.6 Å². The molecule has 0 aromatic heterocycles. The van der Waals surface area contributed by atoms with Crippen LogP contribution in [0.5, 0.6) is 5.75 Å². The van der Waals surface area contributed by atoms with Crippen LogP contribution in [-0.4, -0.2) is 22.1 Å². The molecule has 0 spiro atoms. The quantitative estimate of drug-likeness (QED) is 0.371. The third kappa shape index (κ3) is 4.75. The maximum atomic E-state index is 12.3. The van der Waals surface area contributed by atoms with Gasteiger partial charge >= 0.3 is 5.97 Å². The summed E-state index contributed by atoms with van der Waals surface area (Å²) in [5, 5.41) is 29.3. The number of carboxylic acids is 1.